The SMILES string of the molecule is CC1CCCCCC1NCc1ccc(F)c(Cl)c1. The van der Waals surface area contributed by atoms with Gasteiger partial charge in [0.05, 0.1) is 5.02 Å². The zero-order valence-electron chi connectivity index (χ0n) is 10.9. The summed E-state index contributed by atoms with van der Waals surface area (Å²) in [7, 11) is 0. The van der Waals surface area contributed by atoms with Crippen molar-refractivity contribution >= 4 is 11.6 Å². The fourth-order valence-electron chi connectivity index (χ4n) is 2.69. The minimum atomic E-state index is -0.344. The van der Waals surface area contributed by atoms with E-state index in [1.807, 2.05) is 0 Å². The standard InChI is InChI=1S/C15H21ClFN/c1-11-5-3-2-4-6-15(11)18-10-12-7-8-14(17)13(16)9-12/h7-9,11,15,18H,2-6,10H2,1H3. The van der Waals surface area contributed by atoms with E-state index in [0.29, 0.717) is 6.04 Å². The zero-order chi connectivity index (χ0) is 13.0. The normalized spacial score (nSPS) is 24.8. The van der Waals surface area contributed by atoms with E-state index in [1.54, 1.807) is 12.1 Å². The van der Waals surface area contributed by atoms with Gasteiger partial charge < -0.3 is 5.32 Å². The molecule has 1 aromatic rings. The maximum Gasteiger partial charge on any atom is 0.141 e. The van der Waals surface area contributed by atoms with Crippen LogP contribution in [0.15, 0.2) is 18.2 Å². The van der Waals surface area contributed by atoms with Crippen molar-refractivity contribution in [3.63, 3.8) is 0 Å². The van der Waals surface area contributed by atoms with Crippen molar-refractivity contribution in [2.45, 2.75) is 51.6 Å². The first-order chi connectivity index (χ1) is 8.66. The Kier molecular flexibility index (Phi) is 5.02. The molecular formula is C15H21ClFN. The lowest BCUT2D eigenvalue weighted by Gasteiger charge is -2.23. The minimum absolute atomic E-state index is 0.211. The quantitative estimate of drug-likeness (QED) is 0.795. The van der Waals surface area contributed by atoms with E-state index >= 15 is 0 Å². The van der Waals surface area contributed by atoms with E-state index in [1.165, 1.54) is 38.2 Å². The molecule has 1 N–H and O–H groups in total. The van der Waals surface area contributed by atoms with Gasteiger partial charge in [0.1, 0.15) is 5.82 Å². The third-order valence-corrected chi connectivity index (χ3v) is 4.20. The molecule has 3 heteroatoms. The summed E-state index contributed by atoms with van der Waals surface area (Å²) in [6.07, 6.45) is 6.57. The van der Waals surface area contributed by atoms with Crippen molar-refractivity contribution < 1.29 is 4.39 Å². The van der Waals surface area contributed by atoms with E-state index in [0.717, 1.165) is 18.0 Å². The van der Waals surface area contributed by atoms with Crippen LogP contribution in [0.1, 0.15) is 44.6 Å². The molecule has 18 heavy (non-hydrogen) atoms. The van der Waals surface area contributed by atoms with Crippen LogP contribution in [-0.4, -0.2) is 6.04 Å². The molecule has 1 aromatic carbocycles. The fraction of sp³-hybridized carbons (Fsp3) is 0.600. The van der Waals surface area contributed by atoms with Crippen LogP contribution in [0.2, 0.25) is 5.02 Å². The first-order valence-corrected chi connectivity index (χ1v) is 7.22. The Labute approximate surface area is 114 Å². The van der Waals surface area contributed by atoms with Crippen molar-refractivity contribution in [2.24, 2.45) is 5.92 Å². The second-order valence-corrected chi connectivity index (χ2v) is 5.76. The average Bonchev–Trinajstić information content (AvgIpc) is 2.56. The number of nitrogens with one attached hydrogen (secondary N) is 1. The predicted molar refractivity (Wildman–Crippen MR) is 74.3 cm³/mol. The largest absolute Gasteiger partial charge is 0.310 e. The molecule has 0 bridgehead atoms. The molecule has 2 rings (SSSR count). The molecule has 1 fully saturated rings. The first kappa shape index (κ1) is 13.8. The monoisotopic (exact) mass is 269 g/mol. The van der Waals surface area contributed by atoms with Crippen LogP contribution in [0.3, 0.4) is 0 Å². The van der Waals surface area contributed by atoms with Crippen molar-refractivity contribution in [3.8, 4) is 0 Å². The van der Waals surface area contributed by atoms with Crippen LogP contribution in [0, 0.1) is 11.7 Å². The second kappa shape index (κ2) is 6.53. The molecule has 0 radical (unpaired) electrons. The Bertz CT molecular complexity index is 394. The molecule has 1 saturated carbocycles. The van der Waals surface area contributed by atoms with Crippen LogP contribution >= 0.6 is 11.6 Å². The number of hydrogen-bond donors (Lipinski definition) is 1. The molecule has 0 amide bonds. The lowest BCUT2D eigenvalue weighted by atomic mass is 9.97. The highest BCUT2D eigenvalue weighted by atomic mass is 35.5. The Morgan fingerprint density at radius 3 is 2.83 bits per heavy atom. The summed E-state index contributed by atoms with van der Waals surface area (Å²) in [4.78, 5) is 0. The Balaban J connectivity index is 1.91. The highest BCUT2D eigenvalue weighted by Gasteiger charge is 2.19. The summed E-state index contributed by atoms with van der Waals surface area (Å²) >= 11 is 5.79. The zero-order valence-corrected chi connectivity index (χ0v) is 11.6. The van der Waals surface area contributed by atoms with Crippen LogP contribution in [0.5, 0.6) is 0 Å². The third kappa shape index (κ3) is 3.69. The van der Waals surface area contributed by atoms with E-state index in [2.05, 4.69) is 12.2 Å². The Hall–Kier alpha value is -0.600. The topological polar surface area (TPSA) is 12.0 Å². The van der Waals surface area contributed by atoms with Gasteiger partial charge in [0.2, 0.25) is 0 Å². The molecule has 0 aliphatic heterocycles. The molecule has 1 nitrogen and oxygen atoms in total. The van der Waals surface area contributed by atoms with Crippen molar-refractivity contribution in [3.05, 3.63) is 34.6 Å². The number of hydrogen-bond acceptors (Lipinski definition) is 1. The average molecular weight is 270 g/mol. The van der Waals surface area contributed by atoms with E-state index in [9.17, 15) is 4.39 Å². The lowest BCUT2D eigenvalue weighted by Crippen LogP contribution is -2.33. The first-order valence-electron chi connectivity index (χ1n) is 6.84. The van der Waals surface area contributed by atoms with Gasteiger partial charge in [-0.25, -0.2) is 4.39 Å². The minimum Gasteiger partial charge on any atom is -0.310 e. The number of halogens is 2. The Morgan fingerprint density at radius 1 is 1.28 bits per heavy atom. The number of benzene rings is 1. The molecule has 0 saturated heterocycles. The molecule has 0 aromatic heterocycles. The van der Waals surface area contributed by atoms with Gasteiger partial charge in [0, 0.05) is 12.6 Å². The lowest BCUT2D eigenvalue weighted by molar-refractivity contribution is 0.356. The summed E-state index contributed by atoms with van der Waals surface area (Å²) in [5, 5.41) is 3.80. The van der Waals surface area contributed by atoms with E-state index in [4.69, 9.17) is 11.6 Å². The van der Waals surface area contributed by atoms with E-state index < -0.39 is 0 Å². The smallest absolute Gasteiger partial charge is 0.141 e. The summed E-state index contributed by atoms with van der Waals surface area (Å²) in [5.41, 5.74) is 1.05. The van der Waals surface area contributed by atoms with Gasteiger partial charge in [-0.1, -0.05) is 43.9 Å². The molecule has 1 aliphatic carbocycles. The van der Waals surface area contributed by atoms with Gasteiger partial charge in [-0.05, 0) is 36.5 Å². The van der Waals surface area contributed by atoms with Crippen molar-refractivity contribution in [1.82, 2.24) is 5.32 Å². The summed E-state index contributed by atoms with van der Waals surface area (Å²) in [5.74, 6) is 0.381. The fourth-order valence-corrected chi connectivity index (χ4v) is 2.90. The van der Waals surface area contributed by atoms with Gasteiger partial charge in [-0.2, -0.15) is 0 Å². The highest BCUT2D eigenvalue weighted by Crippen LogP contribution is 2.23. The van der Waals surface area contributed by atoms with Gasteiger partial charge >= 0.3 is 0 Å². The maximum absolute atomic E-state index is 13.1. The maximum atomic E-state index is 13.1. The van der Waals surface area contributed by atoms with Gasteiger partial charge in [0.25, 0.3) is 0 Å². The van der Waals surface area contributed by atoms with E-state index in [-0.39, 0.29) is 10.8 Å². The molecule has 0 spiro atoms. The number of rotatable bonds is 3. The van der Waals surface area contributed by atoms with Crippen LogP contribution in [-0.2, 0) is 6.54 Å². The van der Waals surface area contributed by atoms with Crippen molar-refractivity contribution in [1.29, 1.82) is 0 Å². The summed E-state index contributed by atoms with van der Waals surface area (Å²) in [6.45, 7) is 3.09. The molecular weight excluding hydrogens is 249 g/mol. The van der Waals surface area contributed by atoms with Gasteiger partial charge in [0.15, 0.2) is 0 Å². The molecule has 1 aliphatic rings. The summed E-state index contributed by atoms with van der Waals surface area (Å²) in [6, 6.07) is 5.53. The summed E-state index contributed by atoms with van der Waals surface area (Å²) < 4.78 is 13.1. The predicted octanol–water partition coefficient (Wildman–Crippen LogP) is 4.54. The van der Waals surface area contributed by atoms with Crippen molar-refractivity contribution in [2.75, 3.05) is 0 Å². The molecule has 0 heterocycles. The van der Waals surface area contributed by atoms with Crippen LogP contribution in [0.4, 0.5) is 4.39 Å². The Morgan fingerprint density at radius 2 is 2.06 bits per heavy atom. The van der Waals surface area contributed by atoms with Gasteiger partial charge in [-0.15, -0.1) is 0 Å². The molecule has 2 unspecified atom stereocenters. The highest BCUT2D eigenvalue weighted by molar-refractivity contribution is 6.30. The second-order valence-electron chi connectivity index (χ2n) is 5.35. The molecule has 2 atom stereocenters. The third-order valence-electron chi connectivity index (χ3n) is 3.91. The van der Waals surface area contributed by atoms with Gasteiger partial charge in [-0.3, -0.25) is 0 Å². The van der Waals surface area contributed by atoms with Crippen LogP contribution in [0.25, 0.3) is 0 Å². The molecule has 100 valence electrons. The van der Waals surface area contributed by atoms with Crippen LogP contribution < -0.4 is 5.32 Å².